The van der Waals surface area contributed by atoms with Crippen molar-refractivity contribution >= 4 is 48.3 Å². The average molecular weight is 419 g/mol. The van der Waals surface area contributed by atoms with Gasteiger partial charge in [0.05, 0.1) is 33.0 Å². The molecule has 0 heterocycles. The third-order valence-electron chi connectivity index (χ3n) is 2.73. The highest BCUT2D eigenvalue weighted by Gasteiger charge is 2.11. The van der Waals surface area contributed by atoms with Gasteiger partial charge in [-0.3, -0.25) is 4.21 Å². The van der Waals surface area contributed by atoms with E-state index in [0.29, 0.717) is 16.3 Å². The van der Waals surface area contributed by atoms with Gasteiger partial charge in [0.15, 0.2) is 0 Å². The summed E-state index contributed by atoms with van der Waals surface area (Å²) in [5, 5.41) is 0. The van der Waals surface area contributed by atoms with Crippen LogP contribution in [0.4, 0.5) is 5.69 Å². The fraction of sp³-hybridized carbons (Fsp3) is 0.143. The minimum atomic E-state index is -1.19. The molecule has 2 N–H and O–H groups in total. The summed E-state index contributed by atoms with van der Waals surface area (Å²) in [6, 6.07) is 11.0. The molecule has 0 saturated heterocycles. The lowest BCUT2D eigenvalue weighted by Gasteiger charge is -2.08. The minimum Gasteiger partial charge on any atom is -0.496 e. The van der Waals surface area contributed by atoms with Gasteiger partial charge in [0, 0.05) is 10.2 Å². The summed E-state index contributed by atoms with van der Waals surface area (Å²) in [6.45, 7) is 0. The smallest absolute Gasteiger partial charge is 0.133 e. The lowest BCUT2D eigenvalue weighted by Crippen LogP contribution is -2.01. The van der Waals surface area contributed by atoms with E-state index in [1.54, 1.807) is 19.2 Å². The van der Waals surface area contributed by atoms with Crippen LogP contribution in [0.3, 0.4) is 0 Å². The third-order valence-corrected chi connectivity index (χ3v) is 5.29. The lowest BCUT2D eigenvalue weighted by molar-refractivity contribution is 0.412. The van der Waals surface area contributed by atoms with Gasteiger partial charge in [-0.2, -0.15) is 0 Å². The number of benzene rings is 2. The Labute approximate surface area is 137 Å². The highest BCUT2D eigenvalue weighted by atomic mass is 79.9. The van der Waals surface area contributed by atoms with Crippen LogP contribution >= 0.6 is 31.9 Å². The Hall–Kier alpha value is -0.850. The van der Waals surface area contributed by atoms with E-state index in [9.17, 15) is 4.21 Å². The van der Waals surface area contributed by atoms with Crippen LogP contribution in [0.15, 0.2) is 50.2 Å². The van der Waals surface area contributed by atoms with Crippen molar-refractivity contribution in [2.24, 2.45) is 0 Å². The molecule has 3 nitrogen and oxygen atoms in total. The number of nitrogens with two attached hydrogens (primary N) is 1. The largest absolute Gasteiger partial charge is 0.496 e. The van der Waals surface area contributed by atoms with Gasteiger partial charge >= 0.3 is 0 Å². The van der Waals surface area contributed by atoms with E-state index < -0.39 is 10.8 Å². The number of rotatable bonds is 4. The molecule has 2 rings (SSSR count). The van der Waals surface area contributed by atoms with E-state index in [0.717, 1.165) is 20.3 Å². The first kappa shape index (κ1) is 15.5. The maximum atomic E-state index is 12.4. The van der Waals surface area contributed by atoms with E-state index in [2.05, 4.69) is 31.9 Å². The van der Waals surface area contributed by atoms with Crippen LogP contribution in [0.25, 0.3) is 0 Å². The molecule has 20 heavy (non-hydrogen) atoms. The Morgan fingerprint density at radius 3 is 2.60 bits per heavy atom. The molecule has 1 unspecified atom stereocenters. The molecule has 0 fully saturated rings. The molecule has 2 aromatic rings. The lowest BCUT2D eigenvalue weighted by atomic mass is 10.2. The molecule has 6 heteroatoms. The number of hydrogen-bond acceptors (Lipinski definition) is 3. The normalized spacial score (nSPS) is 12.2. The van der Waals surface area contributed by atoms with Crippen LogP contribution in [0, 0.1) is 0 Å². The highest BCUT2D eigenvalue weighted by Crippen LogP contribution is 2.28. The predicted octanol–water partition coefficient (Wildman–Crippen LogP) is 4.11. The van der Waals surface area contributed by atoms with E-state index in [-0.39, 0.29) is 0 Å². The van der Waals surface area contributed by atoms with Crippen molar-refractivity contribution in [3.05, 3.63) is 50.9 Å². The second-order valence-electron chi connectivity index (χ2n) is 4.14. The fourth-order valence-corrected chi connectivity index (χ4v) is 4.06. The van der Waals surface area contributed by atoms with Gasteiger partial charge in [-0.05, 0) is 51.8 Å². The average Bonchev–Trinajstić information content (AvgIpc) is 2.41. The molecule has 0 amide bonds. The Kier molecular flexibility index (Phi) is 5.23. The monoisotopic (exact) mass is 417 g/mol. The number of ether oxygens (including phenoxy) is 1. The Balaban J connectivity index is 2.23. The second-order valence-corrected chi connectivity index (χ2v) is 7.33. The van der Waals surface area contributed by atoms with E-state index >= 15 is 0 Å². The molecule has 0 aliphatic carbocycles. The summed E-state index contributed by atoms with van der Waals surface area (Å²) in [7, 11) is 0.422. The maximum Gasteiger partial charge on any atom is 0.133 e. The van der Waals surface area contributed by atoms with Gasteiger partial charge in [-0.15, -0.1) is 0 Å². The summed E-state index contributed by atoms with van der Waals surface area (Å²) in [5.41, 5.74) is 7.37. The number of methoxy groups -OCH3 is 1. The first-order chi connectivity index (χ1) is 9.51. The van der Waals surface area contributed by atoms with Crippen LogP contribution < -0.4 is 10.5 Å². The van der Waals surface area contributed by atoms with Crippen LogP contribution in [0.5, 0.6) is 5.75 Å². The van der Waals surface area contributed by atoms with Crippen molar-refractivity contribution in [3.8, 4) is 5.75 Å². The maximum absolute atomic E-state index is 12.4. The highest BCUT2D eigenvalue weighted by molar-refractivity contribution is 9.10. The fourth-order valence-electron chi connectivity index (χ4n) is 1.73. The second kappa shape index (κ2) is 6.74. The van der Waals surface area contributed by atoms with Gasteiger partial charge in [0.2, 0.25) is 0 Å². The molecule has 0 spiro atoms. The van der Waals surface area contributed by atoms with Gasteiger partial charge in [0.25, 0.3) is 0 Å². The van der Waals surface area contributed by atoms with Crippen LogP contribution in [-0.2, 0) is 16.6 Å². The Morgan fingerprint density at radius 1 is 1.20 bits per heavy atom. The quantitative estimate of drug-likeness (QED) is 0.760. The van der Waals surface area contributed by atoms with Crippen molar-refractivity contribution < 1.29 is 8.95 Å². The van der Waals surface area contributed by atoms with Crippen LogP contribution in [0.2, 0.25) is 0 Å². The van der Waals surface area contributed by atoms with Crippen molar-refractivity contribution in [1.82, 2.24) is 0 Å². The zero-order chi connectivity index (χ0) is 14.7. The first-order valence-electron chi connectivity index (χ1n) is 5.77. The molecular formula is C14H13Br2NO2S. The third kappa shape index (κ3) is 3.62. The van der Waals surface area contributed by atoms with Crippen molar-refractivity contribution in [3.63, 3.8) is 0 Å². The molecule has 0 aliphatic rings. The van der Waals surface area contributed by atoms with Crippen molar-refractivity contribution in [2.45, 2.75) is 10.6 Å². The number of hydrogen-bond donors (Lipinski definition) is 1. The molecule has 106 valence electrons. The number of anilines is 1. The predicted molar refractivity (Wildman–Crippen MR) is 89.4 cm³/mol. The molecular weight excluding hydrogens is 406 g/mol. The molecule has 0 aliphatic heterocycles. The zero-order valence-electron chi connectivity index (χ0n) is 10.7. The van der Waals surface area contributed by atoms with Crippen molar-refractivity contribution in [1.29, 1.82) is 0 Å². The summed E-state index contributed by atoms with van der Waals surface area (Å²) in [5.74, 6) is 1.16. The van der Waals surface area contributed by atoms with Crippen LogP contribution in [-0.4, -0.2) is 11.3 Å². The molecule has 0 saturated carbocycles. The van der Waals surface area contributed by atoms with E-state index in [1.807, 2.05) is 24.3 Å². The summed E-state index contributed by atoms with van der Waals surface area (Å²) in [4.78, 5) is 0.645. The first-order valence-corrected chi connectivity index (χ1v) is 8.67. The van der Waals surface area contributed by atoms with Gasteiger partial charge in [0.1, 0.15) is 5.75 Å². The Morgan fingerprint density at radius 2 is 1.95 bits per heavy atom. The number of halogens is 2. The standard InChI is InChI=1S/C14H13Br2NO2S/c1-19-13-5-2-9(6-11(13)16)8-20(18)14-7-10(15)3-4-12(14)17/h2-7H,8,17H2,1H3. The minimum absolute atomic E-state index is 0.406. The zero-order valence-corrected chi connectivity index (χ0v) is 14.7. The van der Waals surface area contributed by atoms with E-state index in [1.165, 1.54) is 0 Å². The van der Waals surface area contributed by atoms with Crippen molar-refractivity contribution in [2.75, 3.05) is 12.8 Å². The Bertz CT molecular complexity index is 662. The summed E-state index contributed by atoms with van der Waals surface area (Å²) in [6.07, 6.45) is 0. The molecule has 0 bridgehead atoms. The summed E-state index contributed by atoms with van der Waals surface area (Å²) >= 11 is 6.79. The molecule has 1 atom stereocenters. The van der Waals surface area contributed by atoms with Crippen LogP contribution in [0.1, 0.15) is 5.56 Å². The summed E-state index contributed by atoms with van der Waals surface area (Å²) < 4.78 is 19.3. The number of nitrogen functional groups attached to an aromatic ring is 1. The van der Waals surface area contributed by atoms with Gasteiger partial charge in [-0.1, -0.05) is 22.0 Å². The topological polar surface area (TPSA) is 52.3 Å². The molecule has 0 aromatic heterocycles. The molecule has 0 radical (unpaired) electrons. The van der Waals surface area contributed by atoms with Gasteiger partial charge in [-0.25, -0.2) is 0 Å². The molecule has 2 aromatic carbocycles. The SMILES string of the molecule is COc1ccc(CS(=O)c2cc(Br)ccc2N)cc1Br. The van der Waals surface area contributed by atoms with E-state index in [4.69, 9.17) is 10.5 Å². The van der Waals surface area contributed by atoms with Gasteiger partial charge < -0.3 is 10.5 Å².